The number of nitrogens with two attached hydrogens (primary N) is 1. The molecule has 17 heavy (non-hydrogen) atoms. The van der Waals surface area contributed by atoms with Crippen LogP contribution in [-0.2, 0) is 18.4 Å². The Hall–Kier alpha value is -1.43. The van der Waals surface area contributed by atoms with E-state index in [0.717, 1.165) is 24.8 Å². The number of amides is 1. The Balaban J connectivity index is 1.95. The molecule has 0 radical (unpaired) electrons. The molecule has 0 saturated heterocycles. The standard InChI is InChI=1S/C11H16N4OS/c1-15-7-8(6-14-15)5-13-10(16)11(9(12)17)3-2-4-11/h6-7H,2-5H2,1H3,(H2,12,17)(H,13,16). The van der Waals surface area contributed by atoms with Crippen molar-refractivity contribution in [1.82, 2.24) is 15.1 Å². The highest BCUT2D eigenvalue weighted by atomic mass is 32.1. The van der Waals surface area contributed by atoms with E-state index in [9.17, 15) is 4.79 Å². The van der Waals surface area contributed by atoms with Crippen molar-refractivity contribution in [2.75, 3.05) is 0 Å². The van der Waals surface area contributed by atoms with E-state index in [4.69, 9.17) is 18.0 Å². The largest absolute Gasteiger partial charge is 0.392 e. The molecule has 1 aromatic heterocycles. The summed E-state index contributed by atoms with van der Waals surface area (Å²) in [5, 5.41) is 6.92. The Bertz CT molecular complexity index is 450. The van der Waals surface area contributed by atoms with Gasteiger partial charge in [-0.2, -0.15) is 5.10 Å². The first kappa shape index (κ1) is 12.0. The second-order valence-electron chi connectivity index (χ2n) is 4.50. The zero-order valence-corrected chi connectivity index (χ0v) is 10.6. The van der Waals surface area contributed by atoms with Crippen LogP contribution in [0.3, 0.4) is 0 Å². The molecule has 1 heterocycles. The van der Waals surface area contributed by atoms with Crippen LogP contribution in [0.2, 0.25) is 0 Å². The van der Waals surface area contributed by atoms with Crippen LogP contribution >= 0.6 is 12.2 Å². The summed E-state index contributed by atoms with van der Waals surface area (Å²) in [6.45, 7) is 0.469. The van der Waals surface area contributed by atoms with E-state index >= 15 is 0 Å². The van der Waals surface area contributed by atoms with Crippen LogP contribution in [-0.4, -0.2) is 20.7 Å². The van der Waals surface area contributed by atoms with Gasteiger partial charge in [0.25, 0.3) is 0 Å². The molecule has 1 fully saturated rings. The number of thiocarbonyl (C=S) groups is 1. The highest BCUT2D eigenvalue weighted by Gasteiger charge is 2.46. The van der Waals surface area contributed by atoms with Crippen molar-refractivity contribution in [3.05, 3.63) is 18.0 Å². The van der Waals surface area contributed by atoms with Crippen molar-refractivity contribution in [2.45, 2.75) is 25.8 Å². The second-order valence-corrected chi connectivity index (χ2v) is 4.94. The number of carbonyl (C=O) groups excluding carboxylic acids is 1. The molecule has 0 spiro atoms. The van der Waals surface area contributed by atoms with Gasteiger partial charge in [0, 0.05) is 25.4 Å². The molecule has 0 bridgehead atoms. The van der Waals surface area contributed by atoms with E-state index in [-0.39, 0.29) is 5.91 Å². The number of carbonyl (C=O) groups is 1. The lowest BCUT2D eigenvalue weighted by Crippen LogP contribution is -2.52. The van der Waals surface area contributed by atoms with Crippen LogP contribution < -0.4 is 11.1 Å². The predicted molar refractivity (Wildman–Crippen MR) is 68.1 cm³/mol. The molecule has 5 nitrogen and oxygen atoms in total. The maximum atomic E-state index is 12.1. The highest BCUT2D eigenvalue weighted by Crippen LogP contribution is 2.41. The molecule has 0 atom stereocenters. The van der Waals surface area contributed by atoms with Crippen molar-refractivity contribution in [3.8, 4) is 0 Å². The lowest BCUT2D eigenvalue weighted by molar-refractivity contribution is -0.131. The maximum Gasteiger partial charge on any atom is 0.233 e. The number of aryl methyl sites for hydroxylation is 1. The smallest absolute Gasteiger partial charge is 0.233 e. The van der Waals surface area contributed by atoms with Gasteiger partial charge in [0.05, 0.1) is 16.6 Å². The van der Waals surface area contributed by atoms with Gasteiger partial charge >= 0.3 is 0 Å². The average Bonchev–Trinajstić information content (AvgIpc) is 2.59. The van der Waals surface area contributed by atoms with E-state index in [2.05, 4.69) is 10.4 Å². The summed E-state index contributed by atoms with van der Waals surface area (Å²) in [6.07, 6.45) is 6.14. The van der Waals surface area contributed by atoms with Gasteiger partial charge in [-0.15, -0.1) is 0 Å². The number of rotatable bonds is 4. The number of aromatic nitrogens is 2. The molecule has 1 aromatic rings. The Morgan fingerprint density at radius 2 is 2.41 bits per heavy atom. The second kappa shape index (κ2) is 4.44. The fraction of sp³-hybridized carbons (Fsp3) is 0.545. The van der Waals surface area contributed by atoms with E-state index in [1.807, 2.05) is 13.2 Å². The summed E-state index contributed by atoms with van der Waals surface area (Å²) < 4.78 is 1.70. The number of hydrogen-bond donors (Lipinski definition) is 2. The Morgan fingerprint density at radius 3 is 2.82 bits per heavy atom. The summed E-state index contributed by atoms with van der Waals surface area (Å²) in [5.41, 5.74) is 6.03. The minimum atomic E-state index is -0.600. The van der Waals surface area contributed by atoms with E-state index in [1.54, 1.807) is 10.9 Å². The normalized spacial score (nSPS) is 17.2. The van der Waals surface area contributed by atoms with Gasteiger partial charge < -0.3 is 11.1 Å². The van der Waals surface area contributed by atoms with Gasteiger partial charge in [0.1, 0.15) is 0 Å². The van der Waals surface area contributed by atoms with Gasteiger partial charge in [-0.1, -0.05) is 18.6 Å². The summed E-state index contributed by atoms with van der Waals surface area (Å²) in [7, 11) is 1.84. The Morgan fingerprint density at radius 1 is 1.71 bits per heavy atom. The average molecular weight is 252 g/mol. The van der Waals surface area contributed by atoms with E-state index in [1.165, 1.54) is 0 Å². The lowest BCUT2D eigenvalue weighted by Gasteiger charge is -2.39. The maximum absolute atomic E-state index is 12.1. The fourth-order valence-electron chi connectivity index (χ4n) is 2.03. The highest BCUT2D eigenvalue weighted by molar-refractivity contribution is 7.80. The topological polar surface area (TPSA) is 72.9 Å². The van der Waals surface area contributed by atoms with Gasteiger partial charge in [-0.25, -0.2) is 0 Å². The molecular weight excluding hydrogens is 236 g/mol. The zero-order chi connectivity index (χ0) is 12.5. The molecule has 92 valence electrons. The first-order valence-corrected chi connectivity index (χ1v) is 6.01. The Labute approximate surface area is 105 Å². The fourth-order valence-corrected chi connectivity index (χ4v) is 2.33. The molecule has 2 rings (SSSR count). The third-order valence-corrected chi connectivity index (χ3v) is 3.72. The molecule has 1 aliphatic rings. The van der Waals surface area contributed by atoms with Crippen molar-refractivity contribution < 1.29 is 4.79 Å². The third kappa shape index (κ3) is 2.17. The van der Waals surface area contributed by atoms with Crippen molar-refractivity contribution in [3.63, 3.8) is 0 Å². The van der Waals surface area contributed by atoms with Gasteiger partial charge in [-0.05, 0) is 12.8 Å². The third-order valence-electron chi connectivity index (χ3n) is 3.32. The predicted octanol–water partition coefficient (Wildman–Crippen LogP) is 0.493. The first-order valence-electron chi connectivity index (χ1n) is 5.60. The summed E-state index contributed by atoms with van der Waals surface area (Å²) in [6, 6.07) is 0. The molecule has 3 N–H and O–H groups in total. The van der Waals surface area contributed by atoms with Gasteiger partial charge in [0.15, 0.2) is 0 Å². The van der Waals surface area contributed by atoms with Crippen LogP contribution in [0.1, 0.15) is 24.8 Å². The molecular formula is C11H16N4OS. The van der Waals surface area contributed by atoms with Crippen LogP contribution in [0.5, 0.6) is 0 Å². The quantitative estimate of drug-likeness (QED) is 0.765. The molecule has 1 amide bonds. The number of hydrogen-bond acceptors (Lipinski definition) is 3. The Kier molecular flexibility index (Phi) is 3.15. The van der Waals surface area contributed by atoms with Crippen LogP contribution in [0.15, 0.2) is 12.4 Å². The van der Waals surface area contributed by atoms with E-state index < -0.39 is 5.41 Å². The van der Waals surface area contributed by atoms with Crippen LogP contribution in [0.25, 0.3) is 0 Å². The minimum absolute atomic E-state index is 0.0555. The number of nitrogens with zero attached hydrogens (tertiary/aromatic N) is 2. The summed E-state index contributed by atoms with van der Waals surface area (Å²) >= 11 is 4.99. The van der Waals surface area contributed by atoms with Crippen molar-refractivity contribution in [1.29, 1.82) is 0 Å². The summed E-state index contributed by atoms with van der Waals surface area (Å²) in [5.74, 6) is -0.0555. The van der Waals surface area contributed by atoms with Crippen LogP contribution in [0, 0.1) is 5.41 Å². The lowest BCUT2D eigenvalue weighted by atomic mass is 9.68. The van der Waals surface area contributed by atoms with Gasteiger partial charge in [-0.3, -0.25) is 9.48 Å². The molecule has 0 unspecified atom stereocenters. The van der Waals surface area contributed by atoms with Gasteiger partial charge in [0.2, 0.25) is 5.91 Å². The summed E-state index contributed by atoms with van der Waals surface area (Å²) in [4.78, 5) is 12.4. The molecule has 0 aliphatic heterocycles. The van der Waals surface area contributed by atoms with Crippen molar-refractivity contribution in [2.24, 2.45) is 18.2 Å². The molecule has 6 heteroatoms. The minimum Gasteiger partial charge on any atom is -0.392 e. The van der Waals surface area contributed by atoms with Crippen molar-refractivity contribution >= 4 is 23.1 Å². The van der Waals surface area contributed by atoms with E-state index in [0.29, 0.717) is 11.5 Å². The number of nitrogens with one attached hydrogen (secondary N) is 1. The molecule has 0 aromatic carbocycles. The monoisotopic (exact) mass is 252 g/mol. The van der Waals surface area contributed by atoms with Crippen LogP contribution in [0.4, 0.5) is 0 Å². The molecule has 1 aliphatic carbocycles. The zero-order valence-electron chi connectivity index (χ0n) is 9.77. The molecule has 1 saturated carbocycles. The first-order chi connectivity index (χ1) is 8.04. The SMILES string of the molecule is Cn1cc(CNC(=O)C2(C(N)=S)CCC2)cn1.